The second kappa shape index (κ2) is 9.23. The second-order valence-corrected chi connectivity index (χ2v) is 14.6. The fraction of sp³-hybridized carbons (Fsp3) is 0.577. The highest BCUT2D eigenvalue weighted by Gasteiger charge is 2.48. The minimum absolute atomic E-state index is 0.00396. The van der Waals surface area contributed by atoms with Crippen LogP contribution in [0.15, 0.2) is 17.2 Å². The summed E-state index contributed by atoms with van der Waals surface area (Å²) < 4.78 is 31.6. The number of nitrogens with zero attached hydrogens (tertiary/aromatic N) is 6. The molecule has 3 aliphatic rings. The van der Waals surface area contributed by atoms with E-state index in [0.29, 0.717) is 47.3 Å². The van der Waals surface area contributed by atoms with Crippen LogP contribution in [-0.2, 0) is 20.2 Å². The zero-order valence-electron chi connectivity index (χ0n) is 22.1. The number of carbonyl (C=O) groups excluding carboxylic acids is 1. The lowest BCUT2D eigenvalue weighted by molar-refractivity contribution is -0.135. The Morgan fingerprint density at radius 1 is 1.23 bits per heavy atom. The number of pyridine rings is 1. The number of rotatable bonds is 7. The predicted octanol–water partition coefficient (Wildman–Crippen LogP) is 4.25. The van der Waals surface area contributed by atoms with Crippen LogP contribution in [0.4, 0.5) is 0 Å². The molecule has 3 aromatic rings. The maximum atomic E-state index is 13.5. The first-order valence-corrected chi connectivity index (χ1v) is 15.9. The van der Waals surface area contributed by atoms with Crippen molar-refractivity contribution < 1.29 is 13.2 Å². The predicted molar refractivity (Wildman–Crippen MR) is 147 cm³/mol. The van der Waals surface area contributed by atoms with Crippen molar-refractivity contribution in [3.63, 3.8) is 0 Å². The van der Waals surface area contributed by atoms with Crippen LogP contribution in [0.1, 0.15) is 75.8 Å². The maximum absolute atomic E-state index is 13.5. The molecule has 3 fully saturated rings. The van der Waals surface area contributed by atoms with E-state index in [0.717, 1.165) is 31.2 Å². The zero-order valence-corrected chi connectivity index (χ0v) is 24.5. The third-order valence-electron chi connectivity index (χ3n) is 8.12. The molecule has 0 aromatic carbocycles. The Bertz CT molecular complexity index is 1620. The first kappa shape index (κ1) is 26.6. The summed E-state index contributed by atoms with van der Waals surface area (Å²) in [6.07, 6.45) is 6.00. The van der Waals surface area contributed by atoms with Gasteiger partial charge in [0.05, 0.1) is 16.5 Å². The van der Waals surface area contributed by atoms with E-state index in [1.54, 1.807) is 16.7 Å². The smallest absolute Gasteiger partial charge is 0.242 e. The highest BCUT2D eigenvalue weighted by molar-refractivity contribution is 7.89. The zero-order chi connectivity index (χ0) is 27.7. The molecule has 6 rings (SSSR count). The summed E-state index contributed by atoms with van der Waals surface area (Å²) >= 11 is 8.03. The van der Waals surface area contributed by atoms with Crippen molar-refractivity contribution in [2.24, 2.45) is 5.92 Å². The molecule has 0 unspecified atom stereocenters. The molecule has 39 heavy (non-hydrogen) atoms. The van der Waals surface area contributed by atoms with Crippen molar-refractivity contribution >= 4 is 44.4 Å². The molecular formula is C26H30ClN7O3S2. The Balaban J connectivity index is 1.45. The van der Waals surface area contributed by atoms with Gasteiger partial charge in [0.25, 0.3) is 0 Å². The quantitative estimate of drug-likeness (QED) is 0.437. The SMILES string of the molecule is CC(C)C(=O)N1CCC(c2cc(S(=O)(=O)NC3(C)CC3)cn3c(-c4nnc(C5(C#N)CC5)s4)nc(Cl)c23)CC1. The van der Waals surface area contributed by atoms with E-state index in [-0.39, 0.29) is 27.8 Å². The van der Waals surface area contributed by atoms with Gasteiger partial charge in [-0.25, -0.2) is 18.1 Å². The van der Waals surface area contributed by atoms with E-state index in [2.05, 4.69) is 26.0 Å². The van der Waals surface area contributed by atoms with Crippen LogP contribution in [0.25, 0.3) is 16.3 Å². The van der Waals surface area contributed by atoms with E-state index in [4.69, 9.17) is 11.6 Å². The molecule has 10 nitrogen and oxygen atoms in total. The van der Waals surface area contributed by atoms with Gasteiger partial charge < -0.3 is 4.90 Å². The van der Waals surface area contributed by atoms with Crippen LogP contribution >= 0.6 is 22.9 Å². The summed E-state index contributed by atoms with van der Waals surface area (Å²) in [5.41, 5.74) is 0.405. The number of aromatic nitrogens is 4. The Hall–Kier alpha value is -2.59. The monoisotopic (exact) mass is 587 g/mol. The van der Waals surface area contributed by atoms with E-state index < -0.39 is 21.0 Å². The molecule has 1 N–H and O–H groups in total. The van der Waals surface area contributed by atoms with Crippen LogP contribution in [0, 0.1) is 17.2 Å². The molecule has 2 saturated carbocycles. The molecule has 13 heteroatoms. The number of imidazole rings is 1. The van der Waals surface area contributed by atoms with Gasteiger partial charge >= 0.3 is 0 Å². The average molecular weight is 588 g/mol. The van der Waals surface area contributed by atoms with Gasteiger partial charge in [-0.1, -0.05) is 36.8 Å². The summed E-state index contributed by atoms with van der Waals surface area (Å²) in [5.74, 6) is 0.446. The molecule has 1 saturated heterocycles. The molecular weight excluding hydrogens is 558 g/mol. The summed E-state index contributed by atoms with van der Waals surface area (Å²) in [4.78, 5) is 19.2. The van der Waals surface area contributed by atoms with Gasteiger partial charge in [0.1, 0.15) is 10.4 Å². The summed E-state index contributed by atoms with van der Waals surface area (Å²) in [6.45, 7) is 6.88. The van der Waals surface area contributed by atoms with Crippen molar-refractivity contribution in [2.75, 3.05) is 13.1 Å². The number of sulfonamides is 1. The Morgan fingerprint density at radius 3 is 2.51 bits per heavy atom. The summed E-state index contributed by atoms with van der Waals surface area (Å²) in [5, 5.41) is 19.6. The lowest BCUT2D eigenvalue weighted by Gasteiger charge is -2.33. The average Bonchev–Trinajstić information content (AvgIpc) is 3.77. The number of nitriles is 1. The fourth-order valence-corrected chi connectivity index (χ4v) is 8.04. The largest absolute Gasteiger partial charge is 0.342 e. The van der Waals surface area contributed by atoms with Gasteiger partial charge in [-0.15, -0.1) is 10.2 Å². The van der Waals surface area contributed by atoms with Crippen molar-refractivity contribution in [3.05, 3.63) is 28.0 Å². The lowest BCUT2D eigenvalue weighted by Crippen LogP contribution is -2.40. The summed E-state index contributed by atoms with van der Waals surface area (Å²) in [7, 11) is -3.83. The van der Waals surface area contributed by atoms with Crippen LogP contribution in [0.2, 0.25) is 5.15 Å². The Kier molecular flexibility index (Phi) is 6.30. The number of halogens is 1. The van der Waals surface area contributed by atoms with Crippen molar-refractivity contribution in [1.82, 2.24) is 29.2 Å². The van der Waals surface area contributed by atoms with E-state index in [9.17, 15) is 18.5 Å². The Morgan fingerprint density at radius 2 is 1.92 bits per heavy atom. The summed E-state index contributed by atoms with van der Waals surface area (Å²) in [6, 6.07) is 4.06. The molecule has 1 aliphatic heterocycles. The van der Waals surface area contributed by atoms with Gasteiger partial charge in [-0.05, 0) is 63.0 Å². The minimum atomic E-state index is -3.83. The third kappa shape index (κ3) is 4.73. The number of fused-ring (bicyclic) bond motifs is 1. The molecule has 0 radical (unpaired) electrons. The van der Waals surface area contributed by atoms with Crippen LogP contribution in [0.5, 0.6) is 0 Å². The standard InChI is InChI=1S/C26H30ClN7O3S2/c1-15(2)23(35)33-10-4-16(5-11-33)18-12-17(39(36,37)32-25(3)6-7-25)13-34-19(18)20(27)29-21(34)22-30-31-24(38-22)26(14-28)8-9-26/h12-13,15-16,32H,4-11H2,1-3H3. The Labute approximate surface area is 236 Å². The molecule has 2 aliphatic carbocycles. The van der Waals surface area contributed by atoms with Gasteiger partial charge in [-0.2, -0.15) is 5.26 Å². The van der Waals surface area contributed by atoms with Crippen LogP contribution in [-0.4, -0.2) is 57.4 Å². The number of carbonyl (C=O) groups is 1. The highest BCUT2D eigenvalue weighted by atomic mass is 35.5. The molecule has 0 spiro atoms. The number of amides is 1. The van der Waals surface area contributed by atoms with Gasteiger partial charge in [0.2, 0.25) is 15.9 Å². The van der Waals surface area contributed by atoms with Gasteiger partial charge in [0, 0.05) is 30.7 Å². The first-order chi connectivity index (χ1) is 18.5. The number of hydrogen-bond donors (Lipinski definition) is 1. The van der Waals surface area contributed by atoms with Crippen molar-refractivity contribution in [1.29, 1.82) is 5.26 Å². The molecule has 3 aromatic heterocycles. The van der Waals surface area contributed by atoms with Crippen molar-refractivity contribution in [3.8, 4) is 16.9 Å². The molecule has 206 valence electrons. The molecule has 0 bridgehead atoms. The minimum Gasteiger partial charge on any atom is -0.342 e. The lowest BCUT2D eigenvalue weighted by atomic mass is 9.89. The molecule has 1 amide bonds. The van der Waals surface area contributed by atoms with E-state index in [1.807, 2.05) is 25.7 Å². The third-order valence-corrected chi connectivity index (χ3v) is 11.1. The van der Waals surface area contributed by atoms with Crippen LogP contribution < -0.4 is 4.72 Å². The fourth-order valence-electron chi connectivity index (χ4n) is 5.24. The highest BCUT2D eigenvalue weighted by Crippen LogP contribution is 2.49. The normalized spacial score (nSPS) is 20.4. The number of hydrogen-bond acceptors (Lipinski definition) is 8. The van der Waals surface area contributed by atoms with E-state index >= 15 is 0 Å². The first-order valence-electron chi connectivity index (χ1n) is 13.3. The maximum Gasteiger partial charge on any atom is 0.242 e. The second-order valence-electron chi connectivity index (χ2n) is 11.6. The topological polar surface area (TPSA) is 133 Å². The number of likely N-dealkylation sites (tertiary alicyclic amines) is 1. The van der Waals surface area contributed by atoms with E-state index in [1.165, 1.54) is 11.3 Å². The molecule has 4 heterocycles. The van der Waals surface area contributed by atoms with Gasteiger partial charge in [-0.3, -0.25) is 9.20 Å². The van der Waals surface area contributed by atoms with Crippen LogP contribution in [0.3, 0.4) is 0 Å². The number of piperidine rings is 1. The van der Waals surface area contributed by atoms with Crippen molar-refractivity contribution in [2.45, 2.75) is 81.1 Å². The molecule has 0 atom stereocenters. The van der Waals surface area contributed by atoms with Gasteiger partial charge in [0.15, 0.2) is 16.0 Å². The number of nitrogens with one attached hydrogen (secondary N) is 1.